The Morgan fingerprint density at radius 2 is 1.43 bits per heavy atom. The molecular formula is C28H31NO. The van der Waals surface area contributed by atoms with Gasteiger partial charge in [0.05, 0.1) is 5.60 Å². The normalized spacial score (nSPS) is 21.6. The minimum Gasteiger partial charge on any atom is -0.362 e. The van der Waals surface area contributed by atoms with Crippen molar-refractivity contribution < 1.29 is 4.74 Å². The fraction of sp³-hybridized carbons (Fsp3) is 0.357. The van der Waals surface area contributed by atoms with Gasteiger partial charge in [-0.15, -0.1) is 0 Å². The topological polar surface area (TPSA) is 12.5 Å². The maximum atomic E-state index is 6.83. The lowest BCUT2D eigenvalue weighted by Crippen LogP contribution is -2.28. The molecule has 2 nitrogen and oxygen atoms in total. The van der Waals surface area contributed by atoms with Gasteiger partial charge in [-0.05, 0) is 80.5 Å². The lowest BCUT2D eigenvalue weighted by Gasteiger charge is -2.31. The van der Waals surface area contributed by atoms with Gasteiger partial charge in [0, 0.05) is 18.8 Å². The highest BCUT2D eigenvalue weighted by atomic mass is 16.5. The largest absolute Gasteiger partial charge is 0.362 e. The van der Waals surface area contributed by atoms with Crippen LogP contribution in [0.1, 0.15) is 65.3 Å². The third kappa shape index (κ3) is 2.74. The van der Waals surface area contributed by atoms with Gasteiger partial charge in [-0.2, -0.15) is 0 Å². The number of fused-ring (bicyclic) bond motifs is 2. The Morgan fingerprint density at radius 1 is 0.833 bits per heavy atom. The smallest absolute Gasteiger partial charge is 0.117 e. The highest BCUT2D eigenvalue weighted by Crippen LogP contribution is 2.54. The standard InChI is InChI=1S/C28H31NO/c1-18-11-13-23(14-12-18)28(6)25-20(3)26(19(2)15-24(25)27(4,5)30-28)29-16-21-9-7-8-10-22(21)17-29/h7-15H,16-17H2,1-6H3. The number of rotatable bonds is 2. The number of aryl methyl sites for hydroxylation is 2. The average Bonchev–Trinajstić information content (AvgIpc) is 3.19. The fourth-order valence-electron chi connectivity index (χ4n) is 5.73. The quantitative estimate of drug-likeness (QED) is 0.479. The van der Waals surface area contributed by atoms with Crippen molar-refractivity contribution in [1.82, 2.24) is 0 Å². The third-order valence-corrected chi connectivity index (χ3v) is 7.08. The molecule has 1 atom stereocenters. The molecule has 0 fully saturated rings. The molecule has 0 bridgehead atoms. The molecule has 3 aromatic carbocycles. The highest BCUT2D eigenvalue weighted by molar-refractivity contribution is 5.69. The SMILES string of the molecule is Cc1ccc(C2(C)OC(C)(C)c3cc(C)c(N4Cc5ccccc5C4)c(C)c32)cc1. The van der Waals surface area contributed by atoms with E-state index >= 15 is 0 Å². The average molecular weight is 398 g/mol. The summed E-state index contributed by atoms with van der Waals surface area (Å²) in [6.45, 7) is 15.3. The molecule has 5 rings (SSSR count). The van der Waals surface area contributed by atoms with Crippen molar-refractivity contribution in [2.45, 2.75) is 65.8 Å². The molecule has 2 aliphatic heterocycles. The summed E-state index contributed by atoms with van der Waals surface area (Å²) < 4.78 is 6.83. The third-order valence-electron chi connectivity index (χ3n) is 7.08. The fourth-order valence-corrected chi connectivity index (χ4v) is 5.73. The van der Waals surface area contributed by atoms with Crippen molar-refractivity contribution in [2.24, 2.45) is 0 Å². The molecular weight excluding hydrogens is 366 g/mol. The van der Waals surface area contributed by atoms with E-state index in [1.165, 1.54) is 50.2 Å². The predicted octanol–water partition coefficient (Wildman–Crippen LogP) is 6.66. The van der Waals surface area contributed by atoms with Crippen LogP contribution in [0.5, 0.6) is 0 Å². The van der Waals surface area contributed by atoms with Gasteiger partial charge in [0.25, 0.3) is 0 Å². The summed E-state index contributed by atoms with van der Waals surface area (Å²) >= 11 is 0. The maximum absolute atomic E-state index is 6.83. The Labute approximate surface area is 180 Å². The van der Waals surface area contributed by atoms with E-state index in [4.69, 9.17) is 4.74 Å². The second-order valence-corrected chi connectivity index (χ2v) is 9.73. The first-order valence-electron chi connectivity index (χ1n) is 10.9. The van der Waals surface area contributed by atoms with Crippen molar-refractivity contribution in [3.05, 3.63) is 99.1 Å². The van der Waals surface area contributed by atoms with Crippen LogP contribution >= 0.6 is 0 Å². The molecule has 0 saturated heterocycles. The molecule has 2 heterocycles. The molecule has 154 valence electrons. The van der Waals surface area contributed by atoms with Gasteiger partial charge >= 0.3 is 0 Å². The van der Waals surface area contributed by atoms with Crippen molar-refractivity contribution in [3.8, 4) is 0 Å². The minimum atomic E-state index is -0.453. The van der Waals surface area contributed by atoms with Gasteiger partial charge in [-0.25, -0.2) is 0 Å². The summed E-state index contributed by atoms with van der Waals surface area (Å²) in [5.74, 6) is 0. The second-order valence-electron chi connectivity index (χ2n) is 9.73. The lowest BCUT2D eigenvalue weighted by atomic mass is 9.80. The van der Waals surface area contributed by atoms with Crippen LogP contribution in [-0.2, 0) is 29.0 Å². The Morgan fingerprint density at radius 3 is 2.03 bits per heavy atom. The molecule has 0 N–H and O–H groups in total. The number of ether oxygens (including phenoxy) is 1. The van der Waals surface area contributed by atoms with Crippen molar-refractivity contribution in [2.75, 3.05) is 4.90 Å². The monoisotopic (exact) mass is 397 g/mol. The minimum absolute atomic E-state index is 0.322. The van der Waals surface area contributed by atoms with Crippen LogP contribution in [0.2, 0.25) is 0 Å². The second kappa shape index (κ2) is 6.46. The first kappa shape index (κ1) is 19.4. The Bertz CT molecular complexity index is 1120. The molecule has 1 unspecified atom stereocenters. The summed E-state index contributed by atoms with van der Waals surface area (Å²) in [6.07, 6.45) is 0. The Kier molecular flexibility index (Phi) is 4.17. The van der Waals surface area contributed by atoms with Gasteiger partial charge in [0.1, 0.15) is 5.60 Å². The van der Waals surface area contributed by atoms with E-state index in [0.717, 1.165) is 13.1 Å². The summed E-state index contributed by atoms with van der Waals surface area (Å²) in [5.41, 5.74) is 11.3. The van der Waals surface area contributed by atoms with Gasteiger partial charge < -0.3 is 9.64 Å². The van der Waals surface area contributed by atoms with Crippen LogP contribution in [0.3, 0.4) is 0 Å². The molecule has 2 heteroatoms. The first-order chi connectivity index (χ1) is 14.2. The summed E-state index contributed by atoms with van der Waals surface area (Å²) in [4.78, 5) is 2.54. The molecule has 0 aromatic heterocycles. The zero-order chi connectivity index (χ0) is 21.3. The number of hydrogen-bond donors (Lipinski definition) is 0. The lowest BCUT2D eigenvalue weighted by molar-refractivity contribution is -0.0924. The van der Waals surface area contributed by atoms with Gasteiger partial charge in [0.2, 0.25) is 0 Å². The van der Waals surface area contributed by atoms with Crippen molar-refractivity contribution in [1.29, 1.82) is 0 Å². The Hall–Kier alpha value is -2.58. The van der Waals surface area contributed by atoms with E-state index in [9.17, 15) is 0 Å². The first-order valence-corrected chi connectivity index (χ1v) is 10.9. The molecule has 0 spiro atoms. The number of hydrogen-bond acceptors (Lipinski definition) is 2. The predicted molar refractivity (Wildman–Crippen MR) is 124 cm³/mol. The summed E-state index contributed by atoms with van der Waals surface area (Å²) in [6, 6.07) is 20.0. The molecule has 0 radical (unpaired) electrons. The van der Waals surface area contributed by atoms with Crippen LogP contribution < -0.4 is 4.90 Å². The van der Waals surface area contributed by atoms with E-state index in [1.807, 2.05) is 0 Å². The van der Waals surface area contributed by atoms with Crippen LogP contribution in [0.25, 0.3) is 0 Å². The zero-order valence-corrected chi connectivity index (χ0v) is 19.0. The number of anilines is 1. The van der Waals surface area contributed by atoms with Crippen molar-refractivity contribution in [3.63, 3.8) is 0 Å². The molecule has 2 aliphatic rings. The molecule has 0 amide bonds. The van der Waals surface area contributed by atoms with Gasteiger partial charge in [-0.3, -0.25) is 0 Å². The van der Waals surface area contributed by atoms with Gasteiger partial charge in [0.15, 0.2) is 0 Å². The molecule has 3 aromatic rings. The van der Waals surface area contributed by atoms with Crippen LogP contribution in [0.4, 0.5) is 5.69 Å². The zero-order valence-electron chi connectivity index (χ0n) is 19.0. The highest BCUT2D eigenvalue weighted by Gasteiger charge is 2.49. The molecule has 0 aliphatic carbocycles. The van der Waals surface area contributed by atoms with E-state index < -0.39 is 5.60 Å². The van der Waals surface area contributed by atoms with E-state index in [0.29, 0.717) is 0 Å². The molecule has 0 saturated carbocycles. The number of benzene rings is 3. The summed E-state index contributed by atoms with van der Waals surface area (Å²) in [5, 5.41) is 0. The number of nitrogens with zero attached hydrogens (tertiary/aromatic N) is 1. The van der Waals surface area contributed by atoms with Crippen molar-refractivity contribution >= 4 is 5.69 Å². The Balaban J connectivity index is 1.68. The molecule has 30 heavy (non-hydrogen) atoms. The van der Waals surface area contributed by atoms with Gasteiger partial charge in [-0.1, -0.05) is 60.2 Å². The van der Waals surface area contributed by atoms with E-state index in [-0.39, 0.29) is 5.60 Å². The van der Waals surface area contributed by atoms with E-state index in [1.54, 1.807) is 0 Å². The summed E-state index contributed by atoms with van der Waals surface area (Å²) in [7, 11) is 0. The maximum Gasteiger partial charge on any atom is 0.117 e. The van der Waals surface area contributed by atoms with E-state index in [2.05, 4.69) is 101 Å². The van der Waals surface area contributed by atoms with Crippen LogP contribution in [-0.4, -0.2) is 0 Å². The van der Waals surface area contributed by atoms with Crippen LogP contribution in [0.15, 0.2) is 54.6 Å². The van der Waals surface area contributed by atoms with Crippen LogP contribution in [0, 0.1) is 20.8 Å².